The van der Waals surface area contributed by atoms with Crippen molar-refractivity contribution in [2.24, 2.45) is 0 Å². The number of ether oxygens (including phenoxy) is 1. The molecule has 4 nitrogen and oxygen atoms in total. The van der Waals surface area contributed by atoms with Gasteiger partial charge in [0.2, 0.25) is 0 Å². The third-order valence-corrected chi connectivity index (χ3v) is 4.26. The number of nitrogens with one attached hydrogen (secondary N) is 2. The van der Waals surface area contributed by atoms with Crippen LogP contribution in [0.2, 0.25) is 0 Å². The van der Waals surface area contributed by atoms with Gasteiger partial charge in [-0.05, 0) is 30.2 Å². The molecule has 122 valence electrons. The molecule has 0 bridgehead atoms. The van der Waals surface area contributed by atoms with Crippen LogP contribution in [0.5, 0.6) is 5.75 Å². The van der Waals surface area contributed by atoms with Gasteiger partial charge < -0.3 is 20.3 Å². The number of nitrogens with zero attached hydrogens (tertiary/aromatic N) is 1. The van der Waals surface area contributed by atoms with Crippen molar-refractivity contribution in [2.75, 3.05) is 50.1 Å². The maximum absolute atomic E-state index is 5.42. The van der Waals surface area contributed by atoms with Crippen molar-refractivity contribution in [3.05, 3.63) is 54.1 Å². The number of anilines is 2. The van der Waals surface area contributed by atoms with Crippen LogP contribution in [0.25, 0.3) is 0 Å². The first-order chi connectivity index (χ1) is 11.4. The molecule has 23 heavy (non-hydrogen) atoms. The Kier molecular flexibility index (Phi) is 5.37. The summed E-state index contributed by atoms with van der Waals surface area (Å²) in [5, 5.41) is 7.00. The molecule has 1 fully saturated rings. The highest BCUT2D eigenvalue weighted by Gasteiger charge is 2.13. The molecule has 0 saturated carbocycles. The van der Waals surface area contributed by atoms with Crippen LogP contribution in [-0.4, -0.2) is 39.8 Å². The van der Waals surface area contributed by atoms with E-state index < -0.39 is 0 Å². The van der Waals surface area contributed by atoms with Crippen LogP contribution in [0.3, 0.4) is 0 Å². The van der Waals surface area contributed by atoms with Gasteiger partial charge in [0.15, 0.2) is 0 Å². The Balaban J connectivity index is 1.64. The first kappa shape index (κ1) is 15.7. The van der Waals surface area contributed by atoms with E-state index in [4.69, 9.17) is 4.74 Å². The van der Waals surface area contributed by atoms with E-state index >= 15 is 0 Å². The lowest BCUT2D eigenvalue weighted by molar-refractivity contribution is 0.410. The Hall–Kier alpha value is -2.20. The van der Waals surface area contributed by atoms with Crippen molar-refractivity contribution in [2.45, 2.75) is 6.42 Å². The van der Waals surface area contributed by atoms with Gasteiger partial charge in [0, 0.05) is 32.7 Å². The molecule has 1 aliphatic rings. The second-order valence-corrected chi connectivity index (χ2v) is 5.74. The Morgan fingerprint density at radius 2 is 1.78 bits per heavy atom. The maximum atomic E-state index is 5.42. The highest BCUT2D eigenvalue weighted by atomic mass is 16.5. The van der Waals surface area contributed by atoms with Gasteiger partial charge >= 0.3 is 0 Å². The minimum absolute atomic E-state index is 0.892. The van der Waals surface area contributed by atoms with Gasteiger partial charge in [0.05, 0.1) is 18.5 Å². The number of hydrogen-bond acceptors (Lipinski definition) is 4. The van der Waals surface area contributed by atoms with Gasteiger partial charge in [-0.15, -0.1) is 0 Å². The fourth-order valence-electron chi connectivity index (χ4n) is 3.05. The fourth-order valence-corrected chi connectivity index (χ4v) is 3.05. The predicted octanol–water partition coefficient (Wildman–Crippen LogP) is 2.76. The molecule has 2 aromatic carbocycles. The average molecular weight is 311 g/mol. The number of methoxy groups -OCH3 is 1. The molecular formula is C19H25N3O. The Labute approximate surface area is 138 Å². The summed E-state index contributed by atoms with van der Waals surface area (Å²) in [5.74, 6) is 0.963. The summed E-state index contributed by atoms with van der Waals surface area (Å²) in [5.41, 5.74) is 3.75. The van der Waals surface area contributed by atoms with E-state index in [1.54, 1.807) is 7.11 Å². The van der Waals surface area contributed by atoms with E-state index in [0.717, 1.165) is 44.9 Å². The molecule has 0 aliphatic carbocycles. The molecule has 4 heteroatoms. The lowest BCUT2D eigenvalue weighted by atomic mass is 10.1. The van der Waals surface area contributed by atoms with E-state index in [9.17, 15) is 0 Å². The van der Waals surface area contributed by atoms with Gasteiger partial charge in [-0.2, -0.15) is 0 Å². The lowest BCUT2D eigenvalue weighted by Gasteiger charge is -2.31. The van der Waals surface area contributed by atoms with Crippen LogP contribution in [0.15, 0.2) is 48.5 Å². The molecule has 0 unspecified atom stereocenters. The fraction of sp³-hybridized carbons (Fsp3) is 0.368. The van der Waals surface area contributed by atoms with E-state index in [-0.39, 0.29) is 0 Å². The SMILES string of the molecule is COc1ccccc1CCNc1ccccc1N1CCNCC1. The molecular weight excluding hydrogens is 286 g/mol. The number of para-hydroxylation sites is 3. The Morgan fingerprint density at radius 3 is 2.61 bits per heavy atom. The number of piperazine rings is 1. The molecule has 0 atom stereocenters. The zero-order valence-electron chi connectivity index (χ0n) is 13.7. The van der Waals surface area contributed by atoms with E-state index in [1.165, 1.54) is 16.9 Å². The molecule has 0 amide bonds. The van der Waals surface area contributed by atoms with E-state index in [0.29, 0.717) is 0 Å². The third kappa shape index (κ3) is 3.96. The number of rotatable bonds is 6. The number of benzene rings is 2. The van der Waals surface area contributed by atoms with Crippen molar-refractivity contribution < 1.29 is 4.74 Å². The quantitative estimate of drug-likeness (QED) is 0.860. The zero-order valence-corrected chi connectivity index (χ0v) is 13.7. The van der Waals surface area contributed by atoms with Gasteiger partial charge in [-0.3, -0.25) is 0 Å². The molecule has 1 aliphatic heterocycles. The summed E-state index contributed by atoms with van der Waals surface area (Å²) in [4.78, 5) is 2.45. The summed E-state index contributed by atoms with van der Waals surface area (Å²) in [6.45, 7) is 5.12. The van der Waals surface area contributed by atoms with Crippen LogP contribution >= 0.6 is 0 Å². The molecule has 1 heterocycles. The first-order valence-electron chi connectivity index (χ1n) is 8.29. The second-order valence-electron chi connectivity index (χ2n) is 5.74. The van der Waals surface area contributed by atoms with Gasteiger partial charge in [0.25, 0.3) is 0 Å². The largest absolute Gasteiger partial charge is 0.496 e. The van der Waals surface area contributed by atoms with Crippen LogP contribution in [0.4, 0.5) is 11.4 Å². The summed E-state index contributed by atoms with van der Waals surface area (Å²) >= 11 is 0. The lowest BCUT2D eigenvalue weighted by Crippen LogP contribution is -2.43. The zero-order chi connectivity index (χ0) is 15.9. The minimum atomic E-state index is 0.892. The summed E-state index contributed by atoms with van der Waals surface area (Å²) in [7, 11) is 1.73. The van der Waals surface area contributed by atoms with Crippen molar-refractivity contribution in [3.8, 4) is 5.75 Å². The summed E-state index contributed by atoms with van der Waals surface area (Å²) in [6, 6.07) is 16.8. The van der Waals surface area contributed by atoms with E-state index in [2.05, 4.69) is 51.9 Å². The number of hydrogen-bond donors (Lipinski definition) is 2. The van der Waals surface area contributed by atoms with Crippen LogP contribution < -0.4 is 20.3 Å². The highest BCUT2D eigenvalue weighted by Crippen LogP contribution is 2.26. The van der Waals surface area contributed by atoms with Crippen molar-refractivity contribution in [1.29, 1.82) is 0 Å². The monoisotopic (exact) mass is 311 g/mol. The van der Waals surface area contributed by atoms with Gasteiger partial charge in [-0.25, -0.2) is 0 Å². The molecule has 1 saturated heterocycles. The smallest absolute Gasteiger partial charge is 0.122 e. The minimum Gasteiger partial charge on any atom is -0.496 e. The Bertz CT molecular complexity index is 624. The van der Waals surface area contributed by atoms with Crippen LogP contribution in [-0.2, 0) is 6.42 Å². The molecule has 0 spiro atoms. The molecule has 3 rings (SSSR count). The maximum Gasteiger partial charge on any atom is 0.122 e. The van der Waals surface area contributed by atoms with Crippen molar-refractivity contribution in [3.63, 3.8) is 0 Å². The van der Waals surface area contributed by atoms with Gasteiger partial charge in [-0.1, -0.05) is 30.3 Å². The molecule has 0 aromatic heterocycles. The molecule has 2 N–H and O–H groups in total. The van der Waals surface area contributed by atoms with Crippen LogP contribution in [0.1, 0.15) is 5.56 Å². The summed E-state index contributed by atoms with van der Waals surface area (Å²) in [6.07, 6.45) is 0.944. The molecule has 2 aromatic rings. The van der Waals surface area contributed by atoms with Crippen molar-refractivity contribution >= 4 is 11.4 Å². The van der Waals surface area contributed by atoms with E-state index in [1.807, 2.05) is 12.1 Å². The first-order valence-corrected chi connectivity index (χ1v) is 8.29. The predicted molar refractivity (Wildman–Crippen MR) is 96.7 cm³/mol. The topological polar surface area (TPSA) is 36.5 Å². The third-order valence-electron chi connectivity index (χ3n) is 4.26. The highest BCUT2D eigenvalue weighted by molar-refractivity contribution is 5.70. The average Bonchev–Trinajstić information content (AvgIpc) is 2.63. The van der Waals surface area contributed by atoms with Crippen molar-refractivity contribution in [1.82, 2.24) is 5.32 Å². The second kappa shape index (κ2) is 7.88. The van der Waals surface area contributed by atoms with Crippen LogP contribution in [0, 0.1) is 0 Å². The standard InChI is InChI=1S/C19H25N3O/c1-23-19-9-5-2-6-16(19)10-11-21-17-7-3-4-8-18(17)22-14-12-20-13-15-22/h2-9,20-21H,10-15H2,1H3. The van der Waals surface area contributed by atoms with Gasteiger partial charge in [0.1, 0.15) is 5.75 Å². The Morgan fingerprint density at radius 1 is 1.04 bits per heavy atom. The normalized spacial score (nSPS) is 14.6. The summed E-state index contributed by atoms with van der Waals surface area (Å²) < 4.78 is 5.42. The molecule has 0 radical (unpaired) electrons.